The molecule has 0 unspecified atom stereocenters. The van der Waals surface area contributed by atoms with E-state index in [9.17, 15) is 22.8 Å². The Labute approximate surface area is 235 Å². The van der Waals surface area contributed by atoms with Gasteiger partial charge in [0.15, 0.2) is 5.69 Å². The van der Waals surface area contributed by atoms with Gasteiger partial charge in [0.2, 0.25) is 5.43 Å². The van der Waals surface area contributed by atoms with Crippen molar-refractivity contribution >= 4 is 40.0 Å². The number of carbonyl (C=O) groups is 1. The van der Waals surface area contributed by atoms with Crippen LogP contribution in [0.1, 0.15) is 30.4 Å². The van der Waals surface area contributed by atoms with Crippen LogP contribution in [0.2, 0.25) is 5.02 Å². The molecule has 41 heavy (non-hydrogen) atoms. The number of rotatable bonds is 6. The molecule has 0 aliphatic rings. The van der Waals surface area contributed by atoms with Crippen molar-refractivity contribution in [2.24, 2.45) is 0 Å². The van der Waals surface area contributed by atoms with Crippen LogP contribution >= 0.6 is 11.6 Å². The molecule has 5 aromatic rings. The number of fused-ring (bicyclic) bond motifs is 1. The highest BCUT2D eigenvalue weighted by Gasteiger charge is 2.30. The number of nitrogens with two attached hydrogens (primary N) is 1. The number of benzene rings is 1. The first-order chi connectivity index (χ1) is 19.4. The van der Waals surface area contributed by atoms with E-state index in [2.05, 4.69) is 25.4 Å². The summed E-state index contributed by atoms with van der Waals surface area (Å²) in [6.45, 7) is 2.44. The normalized spacial score (nSPS) is 11.8. The van der Waals surface area contributed by atoms with Gasteiger partial charge in [-0.25, -0.2) is 9.97 Å². The number of aromatic nitrogens is 6. The summed E-state index contributed by atoms with van der Waals surface area (Å²) in [6, 6.07) is 9.30. The van der Waals surface area contributed by atoms with Gasteiger partial charge in [-0.2, -0.15) is 18.3 Å². The molecule has 0 bridgehead atoms. The third-order valence-corrected chi connectivity index (χ3v) is 6.39. The predicted molar refractivity (Wildman–Crippen MR) is 149 cm³/mol. The molecule has 4 aromatic heterocycles. The lowest BCUT2D eigenvalue weighted by molar-refractivity contribution is -0.139. The van der Waals surface area contributed by atoms with Crippen LogP contribution in [0, 0.1) is 0 Å². The number of nitrogen functional groups attached to an aromatic ring is 1. The number of halogens is 4. The van der Waals surface area contributed by atoms with E-state index < -0.39 is 24.1 Å². The van der Waals surface area contributed by atoms with E-state index >= 15 is 0 Å². The van der Waals surface area contributed by atoms with Crippen LogP contribution < -0.4 is 16.5 Å². The lowest BCUT2D eigenvalue weighted by Gasteiger charge is -2.14. The maximum absolute atomic E-state index is 13.2. The number of alkyl halides is 3. The molecule has 1 aromatic carbocycles. The fraction of sp³-hybridized carbons (Fsp3) is 0.185. The van der Waals surface area contributed by atoms with Gasteiger partial charge in [0.1, 0.15) is 24.3 Å². The zero-order chi connectivity index (χ0) is 29.5. The molecule has 14 heteroatoms. The number of hydrogen-bond donors (Lipinski definition) is 2. The Morgan fingerprint density at radius 2 is 1.78 bits per heavy atom. The van der Waals surface area contributed by atoms with E-state index in [-0.39, 0.29) is 34.2 Å². The highest BCUT2D eigenvalue weighted by Crippen LogP contribution is 2.34. The molecule has 3 N–H and O–H groups in total. The third-order valence-electron chi connectivity index (χ3n) is 6.17. The average molecular weight is 583 g/mol. The van der Waals surface area contributed by atoms with E-state index in [0.29, 0.717) is 27.5 Å². The number of hydrogen-bond acceptors (Lipinski definition) is 7. The quantitative estimate of drug-likeness (QED) is 0.276. The van der Waals surface area contributed by atoms with Gasteiger partial charge in [-0.3, -0.25) is 19.3 Å². The highest BCUT2D eigenvalue weighted by molar-refractivity contribution is 6.30. The topological polar surface area (TPSA) is 134 Å². The second-order valence-electron chi connectivity index (χ2n) is 9.43. The third kappa shape index (κ3) is 5.75. The highest BCUT2D eigenvalue weighted by atomic mass is 35.5. The summed E-state index contributed by atoms with van der Waals surface area (Å²) in [7, 11) is 0. The molecule has 10 nitrogen and oxygen atoms in total. The van der Waals surface area contributed by atoms with Gasteiger partial charge in [-0.15, -0.1) is 0 Å². The Kier molecular flexibility index (Phi) is 7.22. The van der Waals surface area contributed by atoms with Crippen LogP contribution in [0.15, 0.2) is 66.1 Å². The van der Waals surface area contributed by atoms with Crippen LogP contribution in [0.5, 0.6) is 0 Å². The van der Waals surface area contributed by atoms with Crippen molar-refractivity contribution in [2.75, 3.05) is 11.1 Å². The number of anilines is 2. The van der Waals surface area contributed by atoms with Crippen molar-refractivity contribution in [1.29, 1.82) is 0 Å². The van der Waals surface area contributed by atoms with Crippen molar-refractivity contribution in [3.05, 3.63) is 82.3 Å². The molecule has 0 radical (unpaired) electrons. The molecule has 0 fully saturated rings. The van der Waals surface area contributed by atoms with Crippen LogP contribution in [0.4, 0.5) is 24.7 Å². The minimum absolute atomic E-state index is 0.0332. The number of nitrogens with one attached hydrogen (secondary N) is 1. The molecule has 210 valence electrons. The smallest absolute Gasteiger partial charge is 0.383 e. The van der Waals surface area contributed by atoms with E-state index in [4.69, 9.17) is 17.3 Å². The second kappa shape index (κ2) is 10.7. The predicted octanol–water partition coefficient (Wildman–Crippen LogP) is 5.35. The fourth-order valence-electron chi connectivity index (χ4n) is 4.24. The van der Waals surface area contributed by atoms with Crippen molar-refractivity contribution in [3.8, 4) is 22.4 Å². The molecule has 0 saturated carbocycles. The maximum atomic E-state index is 13.2. The molecule has 0 saturated heterocycles. The Hall–Kier alpha value is -4.78. The summed E-state index contributed by atoms with van der Waals surface area (Å²) in [5, 5.41) is 7.56. The summed E-state index contributed by atoms with van der Waals surface area (Å²) < 4.78 is 41.9. The summed E-state index contributed by atoms with van der Waals surface area (Å²) in [5.41, 5.74) is 6.84. The molecule has 0 aliphatic heterocycles. The van der Waals surface area contributed by atoms with Gasteiger partial charge in [0, 0.05) is 35.9 Å². The van der Waals surface area contributed by atoms with Gasteiger partial charge in [0.25, 0.3) is 5.91 Å². The van der Waals surface area contributed by atoms with E-state index in [1.165, 1.54) is 23.3 Å². The molecule has 1 amide bonds. The van der Waals surface area contributed by atoms with Crippen molar-refractivity contribution < 1.29 is 18.0 Å². The lowest BCUT2D eigenvalue weighted by atomic mass is 10.1. The minimum atomic E-state index is -4.47. The van der Waals surface area contributed by atoms with Crippen molar-refractivity contribution in [1.82, 2.24) is 29.3 Å². The molecule has 0 atom stereocenters. The Morgan fingerprint density at radius 3 is 2.41 bits per heavy atom. The average Bonchev–Trinajstić information content (AvgIpc) is 3.27. The number of carbonyl (C=O) groups excluding carboxylic acids is 1. The molecule has 0 spiro atoms. The number of amides is 1. The van der Waals surface area contributed by atoms with Crippen LogP contribution in [0.25, 0.3) is 33.4 Å². The number of pyridine rings is 1. The largest absolute Gasteiger partial charge is 0.406 e. The van der Waals surface area contributed by atoms with E-state index in [1.807, 2.05) is 13.8 Å². The standard InChI is InChI=1S/C27H22ClF3N8O2/c1-14(2)39-11-19(20-8-5-16(28)9-33-20)23(40)22(37-39)26(41)36-17-6-3-15(4-7-17)18-10-38(12-27(29,30)31)25-21(18)24(32)34-13-35-25/h3-11,13-14H,12H2,1-2H3,(H,36,41)(H2,32,34,35). The minimum Gasteiger partial charge on any atom is -0.383 e. The molecule has 4 heterocycles. The summed E-state index contributed by atoms with van der Waals surface area (Å²) in [5.74, 6) is -0.710. The van der Waals surface area contributed by atoms with Crippen LogP contribution in [0.3, 0.4) is 0 Å². The van der Waals surface area contributed by atoms with Crippen LogP contribution in [-0.4, -0.2) is 41.4 Å². The fourth-order valence-corrected chi connectivity index (χ4v) is 4.35. The first-order valence-corrected chi connectivity index (χ1v) is 12.6. The van der Waals surface area contributed by atoms with Crippen molar-refractivity contribution in [2.45, 2.75) is 32.6 Å². The van der Waals surface area contributed by atoms with E-state index in [1.54, 1.807) is 36.4 Å². The lowest BCUT2D eigenvalue weighted by Crippen LogP contribution is -2.28. The maximum Gasteiger partial charge on any atom is 0.406 e. The SMILES string of the molecule is CC(C)n1cc(-c2ccc(Cl)cn2)c(=O)c(C(=O)Nc2ccc(-c3cn(CC(F)(F)F)c4ncnc(N)c34)cc2)n1. The van der Waals surface area contributed by atoms with E-state index in [0.717, 1.165) is 10.9 Å². The summed E-state index contributed by atoms with van der Waals surface area (Å²) >= 11 is 5.92. The van der Waals surface area contributed by atoms with Gasteiger partial charge < -0.3 is 15.6 Å². The zero-order valence-electron chi connectivity index (χ0n) is 21.6. The Morgan fingerprint density at radius 1 is 1.05 bits per heavy atom. The van der Waals surface area contributed by atoms with Gasteiger partial charge >= 0.3 is 6.18 Å². The first kappa shape index (κ1) is 27.8. The van der Waals surface area contributed by atoms with Gasteiger partial charge in [-0.1, -0.05) is 23.7 Å². The summed E-state index contributed by atoms with van der Waals surface area (Å²) in [4.78, 5) is 38.5. The van der Waals surface area contributed by atoms with Gasteiger partial charge in [0.05, 0.1) is 21.7 Å². The number of nitrogens with zero attached hydrogens (tertiary/aromatic N) is 6. The first-order valence-electron chi connectivity index (χ1n) is 12.2. The Bertz CT molecular complexity index is 1810. The molecule has 0 aliphatic carbocycles. The summed E-state index contributed by atoms with van der Waals surface area (Å²) in [6.07, 6.45) is 0.870. The molecular weight excluding hydrogens is 561 g/mol. The second-order valence-corrected chi connectivity index (χ2v) is 9.87. The zero-order valence-corrected chi connectivity index (χ0v) is 22.4. The molecular formula is C27H22ClF3N8O2. The van der Waals surface area contributed by atoms with Crippen molar-refractivity contribution in [3.63, 3.8) is 0 Å². The van der Waals surface area contributed by atoms with Gasteiger partial charge in [-0.05, 0) is 43.7 Å². The molecule has 5 rings (SSSR count). The Balaban J connectivity index is 1.47. The van der Waals surface area contributed by atoms with Crippen LogP contribution in [-0.2, 0) is 6.54 Å². The monoisotopic (exact) mass is 582 g/mol.